The zero-order chi connectivity index (χ0) is 15.1. The smallest absolute Gasteiger partial charge is 0.249 e. The van der Waals surface area contributed by atoms with Crippen molar-refractivity contribution in [3.63, 3.8) is 0 Å². The molecule has 0 spiro atoms. The van der Waals surface area contributed by atoms with Gasteiger partial charge in [-0.25, -0.2) is 0 Å². The second kappa shape index (κ2) is 5.28. The number of nitrogens with zero attached hydrogens (tertiary/aromatic N) is 1. The molecule has 0 aromatic heterocycles. The van der Waals surface area contributed by atoms with Gasteiger partial charge >= 0.3 is 0 Å². The fraction of sp³-hybridized carbons (Fsp3) is 0.500. The molecule has 2 bridgehead atoms. The number of anilines is 2. The largest absolute Gasteiger partial charge is 0.374 e. The van der Waals surface area contributed by atoms with E-state index in [0.29, 0.717) is 24.9 Å². The molecular formula is C16H20N4O2. The van der Waals surface area contributed by atoms with Crippen LogP contribution in [-0.4, -0.2) is 43.0 Å². The van der Waals surface area contributed by atoms with Gasteiger partial charge in [0.15, 0.2) is 0 Å². The maximum Gasteiger partial charge on any atom is 0.249 e. The average molecular weight is 300 g/mol. The molecule has 116 valence electrons. The molecule has 1 aromatic rings. The Labute approximate surface area is 129 Å². The SMILES string of the molecule is O=C1CCC(Nc2ccc(N3CC4CC(C3)N4)cc2)C(=O)N1. The Kier molecular flexibility index (Phi) is 3.26. The minimum atomic E-state index is -0.324. The number of fused-ring (bicyclic) bond motifs is 2. The Balaban J connectivity index is 1.39. The van der Waals surface area contributed by atoms with Crippen molar-refractivity contribution in [1.29, 1.82) is 0 Å². The van der Waals surface area contributed by atoms with Crippen LogP contribution in [0.15, 0.2) is 24.3 Å². The highest BCUT2D eigenvalue weighted by Gasteiger charge is 2.36. The summed E-state index contributed by atoms with van der Waals surface area (Å²) in [4.78, 5) is 25.3. The summed E-state index contributed by atoms with van der Waals surface area (Å²) in [6, 6.07) is 9.16. The van der Waals surface area contributed by atoms with Gasteiger partial charge in [0, 0.05) is 43.0 Å². The van der Waals surface area contributed by atoms with Gasteiger partial charge in [-0.3, -0.25) is 14.9 Å². The van der Waals surface area contributed by atoms with Gasteiger partial charge in [0.2, 0.25) is 11.8 Å². The third-order valence-corrected chi connectivity index (χ3v) is 4.73. The number of carbonyl (C=O) groups is 2. The fourth-order valence-electron chi connectivity index (χ4n) is 3.53. The molecule has 4 aliphatic heterocycles. The summed E-state index contributed by atoms with van der Waals surface area (Å²) in [5, 5.41) is 9.10. The van der Waals surface area contributed by atoms with Crippen LogP contribution in [0.5, 0.6) is 0 Å². The van der Waals surface area contributed by atoms with Crippen LogP contribution in [0.1, 0.15) is 19.3 Å². The van der Waals surface area contributed by atoms with Gasteiger partial charge in [0.05, 0.1) is 0 Å². The normalized spacial score (nSPS) is 30.5. The van der Waals surface area contributed by atoms with E-state index in [2.05, 4.69) is 33.0 Å². The molecule has 1 aromatic carbocycles. The molecule has 22 heavy (non-hydrogen) atoms. The maximum atomic E-state index is 11.8. The van der Waals surface area contributed by atoms with E-state index in [1.807, 2.05) is 12.1 Å². The minimum Gasteiger partial charge on any atom is -0.374 e. The third kappa shape index (κ3) is 2.54. The molecule has 3 N–H and O–H groups in total. The molecule has 0 aliphatic carbocycles. The van der Waals surface area contributed by atoms with E-state index in [1.54, 1.807) is 0 Å². The standard InChI is InChI=1S/C16H20N4O2/c21-15-6-5-14(16(22)19-15)18-10-1-3-13(4-2-10)20-8-11-7-12(9-20)17-11/h1-4,11-12,14,17-18H,5-9H2,(H,19,21,22). The lowest BCUT2D eigenvalue weighted by molar-refractivity contribution is -0.133. The molecule has 0 radical (unpaired) electrons. The Morgan fingerprint density at radius 2 is 1.77 bits per heavy atom. The number of amides is 2. The van der Waals surface area contributed by atoms with Crippen molar-refractivity contribution in [2.24, 2.45) is 0 Å². The maximum absolute atomic E-state index is 11.8. The zero-order valence-corrected chi connectivity index (χ0v) is 12.3. The molecule has 4 fully saturated rings. The summed E-state index contributed by atoms with van der Waals surface area (Å²) in [5.74, 6) is -0.418. The van der Waals surface area contributed by atoms with Crippen LogP contribution in [0.25, 0.3) is 0 Å². The highest BCUT2D eigenvalue weighted by Crippen LogP contribution is 2.27. The predicted octanol–water partition coefficient (Wildman–Crippen LogP) is 0.454. The second-order valence-electron chi connectivity index (χ2n) is 6.40. The summed E-state index contributed by atoms with van der Waals surface area (Å²) >= 11 is 0. The van der Waals surface area contributed by atoms with Gasteiger partial charge in [-0.2, -0.15) is 0 Å². The lowest BCUT2D eigenvalue weighted by Gasteiger charge is -2.49. The summed E-state index contributed by atoms with van der Waals surface area (Å²) in [5.41, 5.74) is 2.14. The van der Waals surface area contributed by atoms with Crippen molar-refractivity contribution in [3.8, 4) is 0 Å². The third-order valence-electron chi connectivity index (χ3n) is 4.73. The second-order valence-corrected chi connectivity index (χ2v) is 6.40. The molecule has 4 aliphatic rings. The van der Waals surface area contributed by atoms with Crippen LogP contribution in [0.4, 0.5) is 11.4 Å². The quantitative estimate of drug-likeness (QED) is 0.707. The Morgan fingerprint density at radius 1 is 1.09 bits per heavy atom. The van der Waals surface area contributed by atoms with E-state index in [-0.39, 0.29) is 17.9 Å². The van der Waals surface area contributed by atoms with E-state index in [4.69, 9.17) is 0 Å². The lowest BCUT2D eigenvalue weighted by Crippen LogP contribution is -2.67. The van der Waals surface area contributed by atoms with Gasteiger partial charge in [-0.1, -0.05) is 0 Å². The number of carbonyl (C=O) groups excluding carboxylic acids is 2. The van der Waals surface area contributed by atoms with Crippen molar-refractivity contribution in [2.75, 3.05) is 23.3 Å². The predicted molar refractivity (Wildman–Crippen MR) is 83.8 cm³/mol. The molecule has 4 heterocycles. The molecule has 3 atom stereocenters. The highest BCUT2D eigenvalue weighted by molar-refractivity contribution is 6.01. The minimum absolute atomic E-state index is 0.185. The molecule has 4 saturated heterocycles. The number of piperidine rings is 2. The van der Waals surface area contributed by atoms with E-state index in [1.165, 1.54) is 12.1 Å². The first-order chi connectivity index (χ1) is 10.7. The molecular weight excluding hydrogens is 280 g/mol. The van der Waals surface area contributed by atoms with E-state index < -0.39 is 0 Å². The molecule has 0 saturated carbocycles. The van der Waals surface area contributed by atoms with E-state index >= 15 is 0 Å². The monoisotopic (exact) mass is 300 g/mol. The summed E-state index contributed by atoms with van der Waals surface area (Å²) in [6.07, 6.45) is 2.24. The van der Waals surface area contributed by atoms with Crippen molar-refractivity contribution in [2.45, 2.75) is 37.4 Å². The van der Waals surface area contributed by atoms with Crippen molar-refractivity contribution < 1.29 is 9.59 Å². The van der Waals surface area contributed by atoms with Gasteiger partial charge in [-0.15, -0.1) is 0 Å². The molecule has 5 rings (SSSR count). The summed E-state index contributed by atoms with van der Waals surface area (Å²) in [6.45, 7) is 2.13. The van der Waals surface area contributed by atoms with Crippen molar-refractivity contribution in [1.82, 2.24) is 10.6 Å². The molecule has 2 amide bonds. The van der Waals surface area contributed by atoms with E-state index in [0.717, 1.165) is 18.8 Å². The number of rotatable bonds is 3. The van der Waals surface area contributed by atoms with Crippen LogP contribution >= 0.6 is 0 Å². The molecule has 3 unspecified atom stereocenters. The lowest BCUT2D eigenvalue weighted by atomic mass is 9.91. The van der Waals surface area contributed by atoms with Crippen LogP contribution < -0.4 is 20.9 Å². The first-order valence-electron chi connectivity index (χ1n) is 7.89. The Bertz CT molecular complexity index is 585. The zero-order valence-electron chi connectivity index (χ0n) is 12.3. The fourth-order valence-corrected chi connectivity index (χ4v) is 3.53. The van der Waals surface area contributed by atoms with Gasteiger partial charge in [-0.05, 0) is 37.1 Å². The van der Waals surface area contributed by atoms with Crippen molar-refractivity contribution in [3.05, 3.63) is 24.3 Å². The molecule has 6 nitrogen and oxygen atoms in total. The number of piperazine rings is 1. The topological polar surface area (TPSA) is 73.5 Å². The number of hydrogen-bond donors (Lipinski definition) is 3. The summed E-state index contributed by atoms with van der Waals surface area (Å²) in [7, 11) is 0. The number of hydrogen-bond acceptors (Lipinski definition) is 5. The van der Waals surface area contributed by atoms with E-state index in [9.17, 15) is 9.59 Å². The van der Waals surface area contributed by atoms with Gasteiger partial charge in [0.25, 0.3) is 0 Å². The molecule has 6 heteroatoms. The van der Waals surface area contributed by atoms with Gasteiger partial charge < -0.3 is 15.5 Å². The Hall–Kier alpha value is -2.08. The van der Waals surface area contributed by atoms with Gasteiger partial charge in [0.1, 0.15) is 6.04 Å². The number of nitrogens with one attached hydrogen (secondary N) is 3. The first-order valence-corrected chi connectivity index (χ1v) is 7.89. The highest BCUT2D eigenvalue weighted by atomic mass is 16.2. The number of benzene rings is 1. The van der Waals surface area contributed by atoms with Crippen LogP contribution in [-0.2, 0) is 9.59 Å². The number of imide groups is 1. The van der Waals surface area contributed by atoms with Crippen LogP contribution in [0.3, 0.4) is 0 Å². The average Bonchev–Trinajstić information content (AvgIpc) is 2.50. The van der Waals surface area contributed by atoms with Crippen LogP contribution in [0.2, 0.25) is 0 Å². The first kappa shape index (κ1) is 13.6. The Morgan fingerprint density at radius 3 is 2.41 bits per heavy atom. The van der Waals surface area contributed by atoms with Crippen LogP contribution in [0, 0.1) is 0 Å². The van der Waals surface area contributed by atoms with Crippen molar-refractivity contribution >= 4 is 23.2 Å². The summed E-state index contributed by atoms with van der Waals surface area (Å²) < 4.78 is 0.